The lowest BCUT2D eigenvalue weighted by atomic mass is 9.82. The van der Waals surface area contributed by atoms with Crippen LogP contribution in [0.1, 0.15) is 61.7 Å². The molecule has 0 amide bonds. The summed E-state index contributed by atoms with van der Waals surface area (Å²) in [5.74, 6) is 3.00. The highest BCUT2D eigenvalue weighted by Crippen LogP contribution is 2.51. The summed E-state index contributed by atoms with van der Waals surface area (Å²) in [4.78, 5) is 8.63. The fraction of sp³-hybridized carbons (Fsp3) is 0.136. The second-order valence-electron chi connectivity index (χ2n) is 18.1. The topological polar surface area (TPSA) is 16.1 Å². The van der Waals surface area contributed by atoms with Gasteiger partial charge in [0.25, 0.3) is 0 Å². The molecule has 62 heavy (non-hydrogen) atoms. The Morgan fingerprint density at radius 2 is 1.16 bits per heavy atom. The van der Waals surface area contributed by atoms with E-state index in [0.717, 1.165) is 61.1 Å². The summed E-state index contributed by atoms with van der Waals surface area (Å²) >= 11 is 1.68. The van der Waals surface area contributed by atoms with E-state index in [2.05, 4.69) is 228 Å². The Bertz CT molecular complexity index is 3190. The van der Waals surface area contributed by atoms with Crippen molar-refractivity contribution in [2.75, 3.05) is 4.90 Å². The third-order valence-electron chi connectivity index (χ3n) is 12.6. The van der Waals surface area contributed by atoms with E-state index < -0.39 is 0 Å². The van der Waals surface area contributed by atoms with Crippen LogP contribution in [-0.2, 0) is 10.8 Å². The molecular formula is C59H48N2S. The number of hydrogen-bond donors (Lipinski definition) is 0. The molecule has 0 aliphatic heterocycles. The Labute approximate surface area is 370 Å². The van der Waals surface area contributed by atoms with Gasteiger partial charge in [0.2, 0.25) is 0 Å². The van der Waals surface area contributed by atoms with Crippen LogP contribution >= 0.6 is 11.3 Å². The van der Waals surface area contributed by atoms with Crippen molar-refractivity contribution in [2.45, 2.75) is 52.4 Å². The minimum Gasteiger partial charge on any atom is -0.310 e. The van der Waals surface area contributed by atoms with Gasteiger partial charge in [0.1, 0.15) is 0 Å². The normalized spacial score (nSPS) is 12.8. The summed E-state index contributed by atoms with van der Waals surface area (Å²) < 4.78 is 1.19. The molecule has 0 unspecified atom stereocenters. The molecule has 0 bridgehead atoms. The number of aryl methyl sites for hydroxylation is 1. The number of rotatable bonds is 7. The molecule has 1 aliphatic rings. The van der Waals surface area contributed by atoms with E-state index >= 15 is 0 Å². The summed E-state index contributed by atoms with van der Waals surface area (Å²) in [6.07, 6.45) is 6.16. The van der Waals surface area contributed by atoms with Crippen molar-refractivity contribution in [3.05, 3.63) is 203 Å². The third-order valence-corrected chi connectivity index (χ3v) is 13.7. The van der Waals surface area contributed by atoms with E-state index in [1.165, 1.54) is 49.0 Å². The van der Waals surface area contributed by atoms with Crippen molar-refractivity contribution in [3.63, 3.8) is 0 Å². The van der Waals surface area contributed by atoms with Crippen LogP contribution in [0.3, 0.4) is 0 Å². The zero-order valence-corrected chi connectivity index (χ0v) is 36.9. The monoisotopic (exact) mass is 816 g/mol. The number of nitrogens with zero attached hydrogens (tertiary/aromatic N) is 2. The molecule has 0 atom stereocenters. The zero-order chi connectivity index (χ0) is 42.8. The van der Waals surface area contributed by atoms with Crippen molar-refractivity contribution < 1.29 is 0 Å². The fourth-order valence-electron chi connectivity index (χ4n) is 9.17. The van der Waals surface area contributed by atoms with Crippen LogP contribution in [0.4, 0.5) is 17.1 Å². The average molecular weight is 817 g/mol. The second-order valence-corrected chi connectivity index (χ2v) is 19.2. The molecule has 1 aliphatic carbocycles. The summed E-state index contributed by atoms with van der Waals surface area (Å²) in [7, 11) is 0. The first-order valence-corrected chi connectivity index (χ1v) is 22.2. The van der Waals surface area contributed by atoms with E-state index in [9.17, 15) is 0 Å². The highest BCUT2D eigenvalue weighted by Gasteiger charge is 2.35. The molecule has 0 saturated heterocycles. The van der Waals surface area contributed by atoms with Crippen LogP contribution in [0.25, 0.3) is 66.0 Å². The van der Waals surface area contributed by atoms with Gasteiger partial charge < -0.3 is 4.90 Å². The maximum absolute atomic E-state index is 6.16. The number of anilines is 3. The fourth-order valence-corrected chi connectivity index (χ4v) is 10.2. The maximum atomic E-state index is 6.16. The van der Waals surface area contributed by atoms with Crippen molar-refractivity contribution >= 4 is 38.5 Å². The highest BCUT2D eigenvalue weighted by atomic mass is 32.1. The molecule has 0 spiro atoms. The zero-order valence-electron chi connectivity index (χ0n) is 36.1. The molecule has 7 aromatic carbocycles. The standard InChI is InChI=1S/C59H48N2S/c1-8-55-57(50-17-10-12-19-56(50)62-55)42-14-13-15-46(34-42)61(47-32-33-49-48-16-9-11-18-51(48)59(6,7)52(49)37-47)45-30-26-41(27-31-45)54-36-43(39-24-28-44(29-25-39)58(3,4)5)35-53(60-54)40-22-20-38(2)21-23-40/h1,9-37H,2-7H3. The predicted molar refractivity (Wildman–Crippen MR) is 265 cm³/mol. The number of terminal acetylenes is 1. The molecule has 0 N–H and O–H groups in total. The molecule has 0 saturated carbocycles. The number of hydrogen-bond acceptors (Lipinski definition) is 3. The van der Waals surface area contributed by atoms with Crippen molar-refractivity contribution in [1.29, 1.82) is 0 Å². The van der Waals surface area contributed by atoms with Crippen LogP contribution in [0.5, 0.6) is 0 Å². The van der Waals surface area contributed by atoms with Gasteiger partial charge in [-0.05, 0) is 111 Å². The van der Waals surface area contributed by atoms with Gasteiger partial charge in [-0.15, -0.1) is 17.8 Å². The molecule has 0 radical (unpaired) electrons. The lowest BCUT2D eigenvalue weighted by molar-refractivity contribution is 0.590. The summed E-state index contributed by atoms with van der Waals surface area (Å²) in [6, 6.07) is 64.2. The second kappa shape index (κ2) is 15.2. The Balaban J connectivity index is 1.11. The van der Waals surface area contributed by atoms with Gasteiger partial charge in [-0.3, -0.25) is 0 Å². The van der Waals surface area contributed by atoms with E-state index in [1.54, 1.807) is 11.3 Å². The number of fused-ring (bicyclic) bond motifs is 4. The van der Waals surface area contributed by atoms with Gasteiger partial charge in [-0.1, -0.05) is 167 Å². The number of aromatic nitrogens is 1. The lowest BCUT2D eigenvalue weighted by Gasteiger charge is -2.28. The van der Waals surface area contributed by atoms with Gasteiger partial charge in [-0.2, -0.15) is 0 Å². The largest absolute Gasteiger partial charge is 0.310 e. The highest BCUT2D eigenvalue weighted by molar-refractivity contribution is 7.20. The van der Waals surface area contributed by atoms with Gasteiger partial charge in [0, 0.05) is 49.3 Å². The van der Waals surface area contributed by atoms with E-state index in [0.29, 0.717) is 0 Å². The molecule has 10 rings (SSSR count). The Morgan fingerprint density at radius 1 is 0.548 bits per heavy atom. The van der Waals surface area contributed by atoms with E-state index in [-0.39, 0.29) is 10.8 Å². The summed E-state index contributed by atoms with van der Waals surface area (Å²) in [5.41, 5.74) is 19.5. The number of benzene rings is 7. The molecule has 2 nitrogen and oxygen atoms in total. The SMILES string of the molecule is C#Cc1sc2ccccc2c1-c1cccc(N(c2ccc(-c3cc(-c4ccc(C(C)(C)C)cc4)cc(-c4ccc(C)cc4)n3)cc2)c2ccc3c(c2)C(C)(C)c2ccccc2-3)c1. The van der Waals surface area contributed by atoms with Gasteiger partial charge in [0.05, 0.1) is 16.3 Å². The maximum Gasteiger partial charge on any atom is 0.0856 e. The molecule has 2 heterocycles. The molecule has 300 valence electrons. The molecule has 2 aromatic heterocycles. The van der Waals surface area contributed by atoms with Crippen LogP contribution in [-0.4, -0.2) is 4.98 Å². The molecular weight excluding hydrogens is 769 g/mol. The smallest absolute Gasteiger partial charge is 0.0856 e. The van der Waals surface area contributed by atoms with Gasteiger partial charge >= 0.3 is 0 Å². The van der Waals surface area contributed by atoms with Crippen molar-refractivity contribution in [1.82, 2.24) is 4.98 Å². The van der Waals surface area contributed by atoms with Crippen LogP contribution in [0.2, 0.25) is 0 Å². The summed E-state index contributed by atoms with van der Waals surface area (Å²) in [6.45, 7) is 13.6. The van der Waals surface area contributed by atoms with Crippen LogP contribution < -0.4 is 4.90 Å². The minimum atomic E-state index is -0.143. The first-order valence-electron chi connectivity index (χ1n) is 21.4. The minimum absolute atomic E-state index is 0.0792. The Morgan fingerprint density at radius 3 is 1.87 bits per heavy atom. The molecule has 3 heteroatoms. The third kappa shape index (κ3) is 6.91. The quantitative estimate of drug-likeness (QED) is 0.149. The van der Waals surface area contributed by atoms with E-state index in [1.807, 2.05) is 0 Å². The molecule has 0 fully saturated rings. The van der Waals surface area contributed by atoms with Gasteiger partial charge in [-0.25, -0.2) is 4.98 Å². The Kier molecular flexibility index (Phi) is 9.59. The Hall–Kier alpha value is -6.99. The van der Waals surface area contributed by atoms with Crippen molar-refractivity contribution in [3.8, 4) is 68.2 Å². The van der Waals surface area contributed by atoms with Gasteiger partial charge in [0.15, 0.2) is 0 Å². The first kappa shape index (κ1) is 39.2. The summed E-state index contributed by atoms with van der Waals surface area (Å²) in [5, 5.41) is 1.18. The first-order chi connectivity index (χ1) is 30.0. The predicted octanol–water partition coefficient (Wildman–Crippen LogP) is 16.3. The molecule has 9 aromatic rings. The van der Waals surface area contributed by atoms with Crippen molar-refractivity contribution in [2.24, 2.45) is 0 Å². The number of pyridine rings is 1. The number of thiophene rings is 1. The van der Waals surface area contributed by atoms with E-state index in [4.69, 9.17) is 11.4 Å². The van der Waals surface area contributed by atoms with Crippen LogP contribution in [0.15, 0.2) is 176 Å². The lowest BCUT2D eigenvalue weighted by Crippen LogP contribution is -2.16. The van der Waals surface area contributed by atoms with Crippen LogP contribution in [0, 0.1) is 19.3 Å². The average Bonchev–Trinajstić information content (AvgIpc) is 3.78.